The van der Waals surface area contributed by atoms with E-state index in [4.69, 9.17) is 25.3 Å². The topological polar surface area (TPSA) is 112 Å². The van der Waals surface area contributed by atoms with E-state index >= 15 is 0 Å². The van der Waals surface area contributed by atoms with Gasteiger partial charge in [0.2, 0.25) is 5.88 Å². The van der Waals surface area contributed by atoms with Gasteiger partial charge >= 0.3 is 0 Å². The van der Waals surface area contributed by atoms with E-state index in [-0.39, 0.29) is 0 Å². The Labute approximate surface area is 224 Å². The first kappa shape index (κ1) is 23.9. The van der Waals surface area contributed by atoms with Gasteiger partial charge in [0.1, 0.15) is 28.9 Å². The lowest BCUT2D eigenvalue weighted by molar-refractivity contribution is 0.387. The van der Waals surface area contributed by atoms with Gasteiger partial charge in [0, 0.05) is 5.56 Å². The molecule has 0 unspecified atom stereocenters. The van der Waals surface area contributed by atoms with Crippen LogP contribution in [0.25, 0.3) is 39.2 Å². The van der Waals surface area contributed by atoms with E-state index in [1.54, 1.807) is 24.9 Å². The van der Waals surface area contributed by atoms with E-state index in [1.165, 1.54) is 6.20 Å². The molecule has 3 heterocycles. The van der Waals surface area contributed by atoms with Gasteiger partial charge in [0.25, 0.3) is 0 Å². The maximum absolute atomic E-state index is 6.04. The Bertz CT molecular complexity index is 1740. The zero-order chi connectivity index (χ0) is 26.8. The predicted molar refractivity (Wildman–Crippen MR) is 152 cm³/mol. The lowest BCUT2D eigenvalue weighted by Gasteiger charge is -2.16. The molecule has 0 fully saturated rings. The van der Waals surface area contributed by atoms with Crippen LogP contribution in [0.5, 0.6) is 11.6 Å². The van der Waals surface area contributed by atoms with Gasteiger partial charge in [0.05, 0.1) is 37.7 Å². The van der Waals surface area contributed by atoms with Gasteiger partial charge in [-0.25, -0.2) is 15.0 Å². The molecule has 3 aromatic carbocycles. The van der Waals surface area contributed by atoms with Gasteiger partial charge in [-0.15, -0.1) is 0 Å². The first-order chi connectivity index (χ1) is 19.2. The van der Waals surface area contributed by atoms with Gasteiger partial charge in [-0.1, -0.05) is 72.8 Å². The standard InChI is InChI=1S/C30H25N7O2/c1-38-22-15-13-20(14-16-22)26-28(34-24-18-32-23(31)17-33-24)35-29-25(19-9-5-3-6-10-19)27(21-11-7-4-8-12-21)36-37(29)30(26)39-2/h3-18H,1-2H3,(H2,31,32)(H,33,34,35). The highest BCUT2D eigenvalue weighted by molar-refractivity contribution is 5.93. The zero-order valence-electron chi connectivity index (χ0n) is 21.4. The molecular weight excluding hydrogens is 490 g/mol. The third-order valence-corrected chi connectivity index (χ3v) is 6.32. The van der Waals surface area contributed by atoms with Gasteiger partial charge in [-0.2, -0.15) is 9.61 Å². The molecular formula is C30H25N7O2. The minimum Gasteiger partial charge on any atom is -0.497 e. The summed E-state index contributed by atoms with van der Waals surface area (Å²) in [4.78, 5) is 13.7. The highest BCUT2D eigenvalue weighted by Crippen LogP contribution is 2.42. The molecule has 0 atom stereocenters. The van der Waals surface area contributed by atoms with Gasteiger partial charge in [-0.3, -0.25) is 0 Å². The van der Waals surface area contributed by atoms with Crippen LogP contribution in [0.1, 0.15) is 0 Å². The van der Waals surface area contributed by atoms with Crippen molar-refractivity contribution in [1.82, 2.24) is 24.6 Å². The number of nitrogen functional groups attached to an aromatic ring is 1. The minimum absolute atomic E-state index is 0.326. The fourth-order valence-corrected chi connectivity index (χ4v) is 4.51. The van der Waals surface area contributed by atoms with Crippen molar-refractivity contribution in [3.8, 4) is 45.1 Å². The van der Waals surface area contributed by atoms with E-state index in [0.29, 0.717) is 34.5 Å². The molecule has 0 radical (unpaired) electrons. The Morgan fingerprint density at radius 1 is 0.718 bits per heavy atom. The van der Waals surface area contributed by atoms with Gasteiger partial charge in [-0.05, 0) is 23.3 Å². The highest BCUT2D eigenvalue weighted by Gasteiger charge is 2.25. The number of fused-ring (bicyclic) bond motifs is 1. The van der Waals surface area contributed by atoms with Crippen molar-refractivity contribution in [1.29, 1.82) is 0 Å². The number of rotatable bonds is 7. The first-order valence-corrected chi connectivity index (χ1v) is 12.3. The average molecular weight is 516 g/mol. The molecule has 3 aromatic heterocycles. The molecule has 0 saturated carbocycles. The van der Waals surface area contributed by atoms with Crippen LogP contribution < -0.4 is 20.5 Å². The molecule has 0 aliphatic rings. The number of hydrogen-bond acceptors (Lipinski definition) is 8. The number of nitrogens with zero attached hydrogens (tertiary/aromatic N) is 5. The second-order valence-electron chi connectivity index (χ2n) is 8.72. The van der Waals surface area contributed by atoms with Gasteiger partial charge < -0.3 is 20.5 Å². The van der Waals surface area contributed by atoms with Crippen molar-refractivity contribution < 1.29 is 9.47 Å². The fraction of sp³-hybridized carbons (Fsp3) is 0.0667. The Hall–Kier alpha value is -5.44. The summed E-state index contributed by atoms with van der Waals surface area (Å²) in [6.07, 6.45) is 3.06. The monoisotopic (exact) mass is 515 g/mol. The van der Waals surface area contributed by atoms with Crippen molar-refractivity contribution in [3.05, 3.63) is 97.3 Å². The number of aromatic nitrogens is 5. The van der Waals surface area contributed by atoms with Crippen LogP contribution in [-0.4, -0.2) is 38.8 Å². The van der Waals surface area contributed by atoms with E-state index in [9.17, 15) is 0 Å². The fourth-order valence-electron chi connectivity index (χ4n) is 4.51. The lowest BCUT2D eigenvalue weighted by atomic mass is 10.0. The number of nitrogens with two attached hydrogens (primary N) is 1. The molecule has 192 valence electrons. The quantitative estimate of drug-likeness (QED) is 0.272. The number of nitrogens with one attached hydrogen (secondary N) is 1. The number of anilines is 3. The summed E-state index contributed by atoms with van der Waals surface area (Å²) in [5, 5.41) is 8.37. The van der Waals surface area contributed by atoms with E-state index in [0.717, 1.165) is 33.7 Å². The Morgan fingerprint density at radius 3 is 2.00 bits per heavy atom. The molecule has 3 N–H and O–H groups in total. The van der Waals surface area contributed by atoms with Crippen molar-refractivity contribution in [3.63, 3.8) is 0 Å². The summed E-state index contributed by atoms with van der Waals surface area (Å²) in [5.74, 6) is 2.59. The Morgan fingerprint density at radius 2 is 1.38 bits per heavy atom. The van der Waals surface area contributed by atoms with Crippen LogP contribution in [0, 0.1) is 0 Å². The molecule has 6 aromatic rings. The summed E-state index contributed by atoms with van der Waals surface area (Å²) in [6, 6.07) is 27.8. The normalized spacial score (nSPS) is 10.9. The third-order valence-electron chi connectivity index (χ3n) is 6.32. The predicted octanol–water partition coefficient (Wildman–Crippen LogP) is 5.86. The highest BCUT2D eigenvalue weighted by atomic mass is 16.5. The van der Waals surface area contributed by atoms with Crippen LogP contribution in [0.2, 0.25) is 0 Å². The van der Waals surface area contributed by atoms with Crippen LogP contribution >= 0.6 is 0 Å². The molecule has 0 spiro atoms. The smallest absolute Gasteiger partial charge is 0.228 e. The molecule has 0 aliphatic heterocycles. The molecule has 0 bridgehead atoms. The number of hydrogen-bond donors (Lipinski definition) is 2. The van der Waals surface area contributed by atoms with Crippen molar-refractivity contribution in [2.75, 3.05) is 25.3 Å². The average Bonchev–Trinajstić information content (AvgIpc) is 3.38. The molecule has 39 heavy (non-hydrogen) atoms. The number of benzene rings is 3. The molecule has 6 rings (SSSR count). The minimum atomic E-state index is 0.326. The first-order valence-electron chi connectivity index (χ1n) is 12.3. The summed E-state index contributed by atoms with van der Waals surface area (Å²) < 4.78 is 13.2. The Kier molecular flexibility index (Phi) is 6.22. The van der Waals surface area contributed by atoms with E-state index in [2.05, 4.69) is 15.3 Å². The number of ether oxygens (including phenoxy) is 2. The maximum atomic E-state index is 6.04. The Balaban J connectivity index is 1.68. The van der Waals surface area contributed by atoms with Crippen molar-refractivity contribution in [2.45, 2.75) is 0 Å². The van der Waals surface area contributed by atoms with Gasteiger partial charge in [0.15, 0.2) is 5.65 Å². The van der Waals surface area contributed by atoms with Crippen LogP contribution in [-0.2, 0) is 0 Å². The van der Waals surface area contributed by atoms with Crippen molar-refractivity contribution in [2.24, 2.45) is 0 Å². The second-order valence-corrected chi connectivity index (χ2v) is 8.72. The lowest BCUT2D eigenvalue weighted by Crippen LogP contribution is -2.07. The molecule has 0 aliphatic carbocycles. The van der Waals surface area contributed by atoms with Crippen LogP contribution in [0.3, 0.4) is 0 Å². The zero-order valence-corrected chi connectivity index (χ0v) is 21.4. The van der Waals surface area contributed by atoms with E-state index in [1.807, 2.05) is 84.9 Å². The van der Waals surface area contributed by atoms with Crippen molar-refractivity contribution >= 4 is 23.1 Å². The van der Waals surface area contributed by atoms with Crippen LogP contribution in [0.4, 0.5) is 17.5 Å². The molecule has 0 amide bonds. The molecule has 9 heteroatoms. The SMILES string of the molecule is COc1ccc(-c2c(Nc3cnc(N)cn3)nc3c(-c4ccccc4)c(-c4ccccc4)nn3c2OC)cc1. The largest absolute Gasteiger partial charge is 0.497 e. The number of methoxy groups -OCH3 is 2. The maximum Gasteiger partial charge on any atom is 0.228 e. The van der Waals surface area contributed by atoms with E-state index < -0.39 is 0 Å². The summed E-state index contributed by atoms with van der Waals surface area (Å²) >= 11 is 0. The summed E-state index contributed by atoms with van der Waals surface area (Å²) in [7, 11) is 3.26. The second kappa shape index (κ2) is 10.1. The molecule has 0 saturated heterocycles. The summed E-state index contributed by atoms with van der Waals surface area (Å²) in [5.41, 5.74) is 11.6. The molecule has 9 nitrogen and oxygen atoms in total. The third kappa shape index (κ3) is 4.46. The van der Waals surface area contributed by atoms with Crippen LogP contribution in [0.15, 0.2) is 97.3 Å². The summed E-state index contributed by atoms with van der Waals surface area (Å²) in [6.45, 7) is 0.